The lowest BCUT2D eigenvalue weighted by atomic mass is 10.1. The highest BCUT2D eigenvalue weighted by Crippen LogP contribution is 2.16. The lowest BCUT2D eigenvalue weighted by Crippen LogP contribution is -2.28. The molecule has 0 radical (unpaired) electrons. The van der Waals surface area contributed by atoms with Crippen LogP contribution in [0.25, 0.3) is 10.9 Å². The number of rotatable bonds is 7. The van der Waals surface area contributed by atoms with Gasteiger partial charge in [-0.25, -0.2) is 4.98 Å². The Balaban J connectivity index is 1.69. The van der Waals surface area contributed by atoms with Crippen molar-refractivity contribution in [3.8, 4) is 0 Å². The average molecular weight is 406 g/mol. The lowest BCUT2D eigenvalue weighted by molar-refractivity contribution is -0.116. The van der Waals surface area contributed by atoms with Crippen molar-refractivity contribution in [3.05, 3.63) is 70.3 Å². The van der Waals surface area contributed by atoms with Crippen molar-refractivity contribution in [1.82, 2.24) is 14.9 Å². The molecular formula is C23H26N4O3. The Morgan fingerprint density at radius 2 is 1.87 bits per heavy atom. The molecule has 0 fully saturated rings. The minimum absolute atomic E-state index is 0.0842. The summed E-state index contributed by atoms with van der Waals surface area (Å²) in [5.74, 6) is -0.186. The van der Waals surface area contributed by atoms with Crippen molar-refractivity contribution in [2.45, 2.75) is 33.7 Å². The second-order valence-electron chi connectivity index (χ2n) is 7.66. The zero-order valence-electron chi connectivity index (χ0n) is 17.4. The predicted molar refractivity (Wildman–Crippen MR) is 118 cm³/mol. The number of nitrogens with one attached hydrogen (secondary N) is 2. The summed E-state index contributed by atoms with van der Waals surface area (Å²) in [5, 5.41) is 6.17. The van der Waals surface area contributed by atoms with Crippen LogP contribution >= 0.6 is 0 Å². The van der Waals surface area contributed by atoms with E-state index in [1.54, 1.807) is 30.3 Å². The molecule has 1 heterocycles. The molecule has 0 spiro atoms. The molecule has 1 aromatic heterocycles. The summed E-state index contributed by atoms with van der Waals surface area (Å²) in [6, 6.07) is 12.3. The second kappa shape index (κ2) is 9.35. The molecule has 2 N–H and O–H groups in total. The summed E-state index contributed by atoms with van der Waals surface area (Å²) in [4.78, 5) is 41.9. The second-order valence-corrected chi connectivity index (χ2v) is 7.66. The quantitative estimate of drug-likeness (QED) is 0.630. The number of hydrogen-bond acceptors (Lipinski definition) is 4. The third-order valence-corrected chi connectivity index (χ3v) is 4.75. The van der Waals surface area contributed by atoms with Crippen LogP contribution < -0.4 is 16.2 Å². The van der Waals surface area contributed by atoms with Crippen LogP contribution in [0.2, 0.25) is 0 Å². The van der Waals surface area contributed by atoms with Gasteiger partial charge in [-0.15, -0.1) is 0 Å². The van der Waals surface area contributed by atoms with E-state index in [4.69, 9.17) is 0 Å². The number of fused-ring (bicyclic) bond motifs is 1. The van der Waals surface area contributed by atoms with E-state index in [0.29, 0.717) is 34.6 Å². The van der Waals surface area contributed by atoms with Crippen molar-refractivity contribution >= 4 is 28.4 Å². The number of carbonyl (C=O) groups excluding carboxylic acids is 2. The highest BCUT2D eigenvalue weighted by molar-refractivity contribution is 6.03. The van der Waals surface area contributed by atoms with Gasteiger partial charge in [-0.2, -0.15) is 0 Å². The molecule has 2 aromatic carbocycles. The van der Waals surface area contributed by atoms with Crippen LogP contribution in [-0.2, 0) is 11.3 Å². The SMILES string of the molecule is Cc1cccc2c(=O)n(CCC(=O)Nc3ccccc3C(=O)NCC(C)C)cnc12. The zero-order chi connectivity index (χ0) is 21.7. The summed E-state index contributed by atoms with van der Waals surface area (Å²) in [7, 11) is 0. The molecule has 0 atom stereocenters. The molecule has 30 heavy (non-hydrogen) atoms. The van der Waals surface area contributed by atoms with Crippen LogP contribution in [0.5, 0.6) is 0 Å². The predicted octanol–water partition coefficient (Wildman–Crippen LogP) is 3.12. The number of anilines is 1. The Labute approximate surface area is 175 Å². The minimum atomic E-state index is -0.282. The van der Waals surface area contributed by atoms with Gasteiger partial charge in [-0.3, -0.25) is 19.0 Å². The largest absolute Gasteiger partial charge is 0.352 e. The molecule has 0 aliphatic heterocycles. The number of hydrogen-bond donors (Lipinski definition) is 2. The molecule has 0 aliphatic carbocycles. The van der Waals surface area contributed by atoms with E-state index in [2.05, 4.69) is 15.6 Å². The Morgan fingerprint density at radius 1 is 1.10 bits per heavy atom. The number of nitrogens with zero attached hydrogens (tertiary/aromatic N) is 2. The van der Waals surface area contributed by atoms with Crippen LogP contribution in [0.1, 0.15) is 36.2 Å². The Hall–Kier alpha value is -3.48. The van der Waals surface area contributed by atoms with E-state index in [-0.39, 0.29) is 30.3 Å². The monoisotopic (exact) mass is 406 g/mol. The van der Waals surface area contributed by atoms with Crippen LogP contribution in [0.4, 0.5) is 5.69 Å². The van der Waals surface area contributed by atoms with Crippen molar-refractivity contribution < 1.29 is 9.59 Å². The van der Waals surface area contributed by atoms with Gasteiger partial charge < -0.3 is 10.6 Å². The summed E-state index contributed by atoms with van der Waals surface area (Å²) in [5.41, 5.74) is 2.28. The van der Waals surface area contributed by atoms with Gasteiger partial charge in [0.1, 0.15) is 0 Å². The molecule has 7 nitrogen and oxygen atoms in total. The first-order chi connectivity index (χ1) is 14.4. The van der Waals surface area contributed by atoms with Crippen molar-refractivity contribution in [1.29, 1.82) is 0 Å². The molecule has 2 amide bonds. The van der Waals surface area contributed by atoms with Gasteiger partial charge in [0.25, 0.3) is 11.5 Å². The third-order valence-electron chi connectivity index (χ3n) is 4.75. The molecule has 0 unspecified atom stereocenters. The number of aryl methyl sites for hydroxylation is 2. The zero-order valence-corrected chi connectivity index (χ0v) is 17.4. The van der Waals surface area contributed by atoms with Crippen molar-refractivity contribution in [3.63, 3.8) is 0 Å². The fourth-order valence-electron chi connectivity index (χ4n) is 3.11. The van der Waals surface area contributed by atoms with E-state index in [9.17, 15) is 14.4 Å². The van der Waals surface area contributed by atoms with Crippen LogP contribution in [0, 0.1) is 12.8 Å². The van der Waals surface area contributed by atoms with E-state index < -0.39 is 0 Å². The Kier molecular flexibility index (Phi) is 6.61. The van der Waals surface area contributed by atoms with Crippen LogP contribution in [0.3, 0.4) is 0 Å². The smallest absolute Gasteiger partial charge is 0.261 e. The molecular weight excluding hydrogens is 380 g/mol. The lowest BCUT2D eigenvalue weighted by Gasteiger charge is -2.13. The van der Waals surface area contributed by atoms with Gasteiger partial charge in [0, 0.05) is 19.5 Å². The van der Waals surface area contributed by atoms with Gasteiger partial charge in [0.15, 0.2) is 0 Å². The van der Waals surface area contributed by atoms with E-state index in [0.717, 1.165) is 5.56 Å². The molecule has 156 valence electrons. The van der Waals surface area contributed by atoms with Crippen LogP contribution in [0.15, 0.2) is 53.6 Å². The number of carbonyl (C=O) groups is 2. The molecule has 0 saturated heterocycles. The molecule has 3 aromatic rings. The Bertz CT molecular complexity index is 1130. The van der Waals surface area contributed by atoms with Gasteiger partial charge in [-0.05, 0) is 36.6 Å². The summed E-state index contributed by atoms with van der Waals surface area (Å²) >= 11 is 0. The first-order valence-electron chi connectivity index (χ1n) is 9.98. The standard InChI is InChI=1S/C23H26N4O3/c1-15(2)13-24-22(29)17-8-4-5-10-19(17)26-20(28)11-12-27-14-25-21-16(3)7-6-9-18(21)23(27)30/h4-10,14-15H,11-13H2,1-3H3,(H,24,29)(H,26,28). The number of benzene rings is 2. The van der Waals surface area contributed by atoms with Crippen LogP contribution in [-0.4, -0.2) is 27.9 Å². The molecule has 0 aliphatic rings. The normalized spacial score (nSPS) is 10.9. The van der Waals surface area contributed by atoms with Gasteiger partial charge in [-0.1, -0.05) is 38.1 Å². The van der Waals surface area contributed by atoms with Crippen molar-refractivity contribution in [2.24, 2.45) is 5.92 Å². The summed E-state index contributed by atoms with van der Waals surface area (Å²) in [6.07, 6.45) is 1.55. The molecule has 7 heteroatoms. The first-order valence-corrected chi connectivity index (χ1v) is 9.98. The topological polar surface area (TPSA) is 93.1 Å². The molecule has 0 saturated carbocycles. The highest BCUT2D eigenvalue weighted by atomic mass is 16.2. The number of para-hydroxylation sites is 2. The van der Waals surface area contributed by atoms with E-state index in [1.165, 1.54) is 10.9 Å². The van der Waals surface area contributed by atoms with Gasteiger partial charge in [0.2, 0.25) is 5.91 Å². The van der Waals surface area contributed by atoms with Gasteiger partial charge >= 0.3 is 0 Å². The summed E-state index contributed by atoms with van der Waals surface area (Å²) < 4.78 is 1.43. The maximum Gasteiger partial charge on any atom is 0.261 e. The average Bonchev–Trinajstić information content (AvgIpc) is 2.72. The third kappa shape index (κ3) is 4.92. The Morgan fingerprint density at radius 3 is 2.63 bits per heavy atom. The first kappa shape index (κ1) is 21.2. The van der Waals surface area contributed by atoms with E-state index in [1.807, 2.05) is 32.9 Å². The van der Waals surface area contributed by atoms with E-state index >= 15 is 0 Å². The van der Waals surface area contributed by atoms with Gasteiger partial charge in [0.05, 0.1) is 28.5 Å². The highest BCUT2D eigenvalue weighted by Gasteiger charge is 2.14. The molecule has 3 rings (SSSR count). The number of aromatic nitrogens is 2. The maximum atomic E-state index is 12.7. The summed E-state index contributed by atoms with van der Waals surface area (Å²) in [6.45, 7) is 6.68. The van der Waals surface area contributed by atoms with Crippen molar-refractivity contribution in [2.75, 3.05) is 11.9 Å². The molecule has 0 bridgehead atoms. The number of amides is 2. The maximum absolute atomic E-state index is 12.7. The minimum Gasteiger partial charge on any atom is -0.352 e. The fourth-order valence-corrected chi connectivity index (χ4v) is 3.11. The fraction of sp³-hybridized carbons (Fsp3) is 0.304.